The second-order valence-corrected chi connectivity index (χ2v) is 5.41. The summed E-state index contributed by atoms with van der Waals surface area (Å²) in [4.78, 5) is 2.50. The summed E-state index contributed by atoms with van der Waals surface area (Å²) in [6, 6.07) is 9.17. The lowest BCUT2D eigenvalue weighted by Crippen LogP contribution is -2.40. The van der Waals surface area contributed by atoms with E-state index in [1.165, 1.54) is 36.8 Å². The molecule has 0 spiro atoms. The van der Waals surface area contributed by atoms with Gasteiger partial charge in [-0.1, -0.05) is 24.3 Å². The predicted octanol–water partition coefficient (Wildman–Crippen LogP) is 2.35. The van der Waals surface area contributed by atoms with E-state index in [1.807, 2.05) is 0 Å². The van der Waals surface area contributed by atoms with Crippen molar-refractivity contribution >= 4 is 0 Å². The number of fused-ring (bicyclic) bond motifs is 1. The van der Waals surface area contributed by atoms with Crippen molar-refractivity contribution in [1.82, 2.24) is 4.90 Å². The highest BCUT2D eigenvalue weighted by atomic mass is 16.3. The van der Waals surface area contributed by atoms with Crippen molar-refractivity contribution in [2.45, 2.75) is 50.8 Å². The van der Waals surface area contributed by atoms with Gasteiger partial charge >= 0.3 is 0 Å². The Bertz CT molecular complexity index is 390. The zero-order valence-corrected chi connectivity index (χ0v) is 10.3. The van der Waals surface area contributed by atoms with Crippen LogP contribution in [0.4, 0.5) is 0 Å². The Labute approximate surface area is 103 Å². The monoisotopic (exact) mass is 231 g/mol. The van der Waals surface area contributed by atoms with Crippen molar-refractivity contribution in [3.63, 3.8) is 0 Å². The van der Waals surface area contributed by atoms with Gasteiger partial charge in [-0.05, 0) is 49.8 Å². The summed E-state index contributed by atoms with van der Waals surface area (Å²) in [5.41, 5.74) is 2.96. The van der Waals surface area contributed by atoms with Crippen LogP contribution >= 0.6 is 0 Å². The van der Waals surface area contributed by atoms with Gasteiger partial charge in [-0.2, -0.15) is 0 Å². The van der Waals surface area contributed by atoms with Gasteiger partial charge in [0.2, 0.25) is 0 Å². The van der Waals surface area contributed by atoms with Crippen LogP contribution in [-0.2, 0) is 13.0 Å². The van der Waals surface area contributed by atoms with E-state index in [1.54, 1.807) is 0 Å². The smallest absolute Gasteiger partial charge is 0.0695 e. The number of hydrogen-bond donors (Lipinski definition) is 1. The summed E-state index contributed by atoms with van der Waals surface area (Å²) in [7, 11) is 0. The van der Waals surface area contributed by atoms with Gasteiger partial charge in [0.15, 0.2) is 0 Å². The van der Waals surface area contributed by atoms with Crippen LogP contribution < -0.4 is 0 Å². The molecule has 2 nitrogen and oxygen atoms in total. The lowest BCUT2D eigenvalue weighted by atomic mass is 10.0. The molecule has 1 heterocycles. The van der Waals surface area contributed by atoms with Crippen LogP contribution in [0, 0.1) is 0 Å². The minimum Gasteiger partial charge on any atom is -0.391 e. The molecule has 17 heavy (non-hydrogen) atoms. The van der Waals surface area contributed by atoms with Crippen molar-refractivity contribution in [2.75, 3.05) is 6.54 Å². The highest BCUT2D eigenvalue weighted by molar-refractivity contribution is 5.28. The average molecular weight is 231 g/mol. The summed E-state index contributed by atoms with van der Waals surface area (Å²) in [5, 5.41) is 10.0. The van der Waals surface area contributed by atoms with Crippen LogP contribution in [0.3, 0.4) is 0 Å². The first-order valence-corrected chi connectivity index (χ1v) is 6.83. The van der Waals surface area contributed by atoms with E-state index in [2.05, 4.69) is 29.2 Å². The first-order valence-electron chi connectivity index (χ1n) is 6.83. The molecular weight excluding hydrogens is 210 g/mol. The molecule has 0 amide bonds. The summed E-state index contributed by atoms with van der Waals surface area (Å²) in [5.74, 6) is 0. The molecule has 0 aromatic heterocycles. The van der Waals surface area contributed by atoms with E-state index in [9.17, 15) is 5.11 Å². The number of hydrogen-bond acceptors (Lipinski definition) is 2. The molecule has 1 saturated carbocycles. The van der Waals surface area contributed by atoms with Gasteiger partial charge in [-0.3, -0.25) is 4.90 Å². The minimum absolute atomic E-state index is 0.0970. The lowest BCUT2D eigenvalue weighted by molar-refractivity contribution is 0.0668. The van der Waals surface area contributed by atoms with Crippen LogP contribution in [0.5, 0.6) is 0 Å². The van der Waals surface area contributed by atoms with Crippen molar-refractivity contribution in [1.29, 1.82) is 0 Å². The van der Waals surface area contributed by atoms with Gasteiger partial charge in [-0.25, -0.2) is 0 Å². The Morgan fingerprint density at radius 1 is 1.06 bits per heavy atom. The van der Waals surface area contributed by atoms with Gasteiger partial charge in [0.1, 0.15) is 0 Å². The van der Waals surface area contributed by atoms with E-state index in [0.29, 0.717) is 6.04 Å². The normalized spacial score (nSPS) is 29.9. The highest BCUT2D eigenvalue weighted by Crippen LogP contribution is 2.28. The predicted molar refractivity (Wildman–Crippen MR) is 68.8 cm³/mol. The summed E-state index contributed by atoms with van der Waals surface area (Å²) in [6.45, 7) is 2.16. The molecule has 1 aromatic carbocycles. The quantitative estimate of drug-likeness (QED) is 0.802. The number of aryl methyl sites for hydroxylation is 1. The third-order valence-corrected chi connectivity index (χ3v) is 4.30. The number of aliphatic hydroxyl groups excluding tert-OH is 1. The maximum Gasteiger partial charge on any atom is 0.0695 e. The molecule has 92 valence electrons. The van der Waals surface area contributed by atoms with E-state index < -0.39 is 0 Å². The summed E-state index contributed by atoms with van der Waals surface area (Å²) < 4.78 is 0. The van der Waals surface area contributed by atoms with E-state index in [0.717, 1.165) is 19.5 Å². The fourth-order valence-corrected chi connectivity index (χ4v) is 3.36. The van der Waals surface area contributed by atoms with Gasteiger partial charge < -0.3 is 5.11 Å². The molecule has 1 fully saturated rings. The average Bonchev–Trinajstić information content (AvgIpc) is 2.65. The minimum atomic E-state index is -0.0970. The number of aliphatic hydroxyl groups is 1. The molecule has 2 aliphatic rings. The second kappa shape index (κ2) is 4.79. The standard InChI is InChI=1S/C15H21NO/c17-15-9-3-8-14(15)16-10-4-7-12-5-1-2-6-13(12)11-16/h1-2,5-6,14-15,17H,3-4,7-11H2/t14-,15-/m0/s1. The van der Waals surface area contributed by atoms with E-state index in [-0.39, 0.29) is 6.10 Å². The molecule has 3 rings (SSSR count). The highest BCUT2D eigenvalue weighted by Gasteiger charge is 2.31. The van der Waals surface area contributed by atoms with Gasteiger partial charge in [0.25, 0.3) is 0 Å². The number of nitrogens with zero attached hydrogens (tertiary/aromatic N) is 1. The third kappa shape index (κ3) is 2.24. The second-order valence-electron chi connectivity index (χ2n) is 5.41. The first-order chi connectivity index (χ1) is 8.34. The maximum atomic E-state index is 10.0. The SMILES string of the molecule is O[C@H]1CCC[C@@H]1N1CCCc2ccccc2C1. The van der Waals surface area contributed by atoms with Crippen LogP contribution in [0.25, 0.3) is 0 Å². The fraction of sp³-hybridized carbons (Fsp3) is 0.600. The molecule has 1 aliphatic heterocycles. The fourth-order valence-electron chi connectivity index (χ4n) is 3.36. The summed E-state index contributed by atoms with van der Waals surface area (Å²) in [6.07, 6.45) is 5.66. The lowest BCUT2D eigenvalue weighted by Gasteiger charge is -2.30. The van der Waals surface area contributed by atoms with Gasteiger partial charge in [-0.15, -0.1) is 0 Å². The Balaban J connectivity index is 1.80. The van der Waals surface area contributed by atoms with E-state index in [4.69, 9.17) is 0 Å². The summed E-state index contributed by atoms with van der Waals surface area (Å²) >= 11 is 0. The first kappa shape index (κ1) is 11.2. The molecule has 1 N–H and O–H groups in total. The Kier molecular flexibility index (Phi) is 3.17. The van der Waals surface area contributed by atoms with Gasteiger partial charge in [0, 0.05) is 12.6 Å². The van der Waals surface area contributed by atoms with Crippen LogP contribution in [0.2, 0.25) is 0 Å². The van der Waals surface area contributed by atoms with Crippen molar-refractivity contribution in [3.8, 4) is 0 Å². The Morgan fingerprint density at radius 3 is 2.65 bits per heavy atom. The van der Waals surface area contributed by atoms with Crippen LogP contribution in [0.1, 0.15) is 36.8 Å². The molecular formula is C15H21NO. The van der Waals surface area contributed by atoms with Crippen molar-refractivity contribution < 1.29 is 5.11 Å². The van der Waals surface area contributed by atoms with Crippen LogP contribution in [-0.4, -0.2) is 28.7 Å². The molecule has 2 heteroatoms. The number of rotatable bonds is 1. The van der Waals surface area contributed by atoms with Gasteiger partial charge in [0.05, 0.1) is 6.10 Å². The molecule has 0 unspecified atom stereocenters. The Hall–Kier alpha value is -0.860. The molecule has 0 radical (unpaired) electrons. The molecule has 1 aliphatic carbocycles. The third-order valence-electron chi connectivity index (χ3n) is 4.30. The number of benzene rings is 1. The van der Waals surface area contributed by atoms with E-state index >= 15 is 0 Å². The van der Waals surface area contributed by atoms with Crippen molar-refractivity contribution in [3.05, 3.63) is 35.4 Å². The maximum absolute atomic E-state index is 10.0. The Morgan fingerprint density at radius 2 is 1.88 bits per heavy atom. The zero-order chi connectivity index (χ0) is 11.7. The molecule has 2 atom stereocenters. The largest absolute Gasteiger partial charge is 0.391 e. The molecule has 0 bridgehead atoms. The topological polar surface area (TPSA) is 23.5 Å². The molecule has 0 saturated heterocycles. The molecule has 1 aromatic rings. The van der Waals surface area contributed by atoms with Crippen molar-refractivity contribution in [2.24, 2.45) is 0 Å². The van der Waals surface area contributed by atoms with Crippen LogP contribution in [0.15, 0.2) is 24.3 Å². The zero-order valence-electron chi connectivity index (χ0n) is 10.3.